The van der Waals surface area contributed by atoms with Crippen molar-refractivity contribution in [2.45, 2.75) is 26.3 Å². The van der Waals surface area contributed by atoms with Crippen LogP contribution in [0, 0.1) is 0 Å². The maximum Gasteiger partial charge on any atom is 0.315 e. The van der Waals surface area contributed by atoms with Gasteiger partial charge in [-0.1, -0.05) is 55.5 Å². The average molecular weight is 376 g/mol. The van der Waals surface area contributed by atoms with Crippen molar-refractivity contribution in [1.29, 1.82) is 0 Å². The van der Waals surface area contributed by atoms with E-state index in [1.807, 2.05) is 34.9 Å². The van der Waals surface area contributed by atoms with Crippen molar-refractivity contribution in [2.75, 3.05) is 0 Å². The lowest BCUT2D eigenvalue weighted by atomic mass is 10.0. The molecule has 136 valence electrons. The Morgan fingerprint density at radius 2 is 2.07 bits per heavy atom. The van der Waals surface area contributed by atoms with Crippen LogP contribution in [0.2, 0.25) is 0 Å². The molecule has 0 saturated carbocycles. The smallest absolute Gasteiger partial charge is 0.315 e. The molecule has 4 rings (SSSR count). The molecule has 2 heterocycles. The zero-order valence-corrected chi connectivity index (χ0v) is 16.1. The second-order valence-electron chi connectivity index (χ2n) is 6.73. The molecule has 2 aromatic carbocycles. The summed E-state index contributed by atoms with van der Waals surface area (Å²) in [5.41, 5.74) is 3.01. The molecule has 0 bridgehead atoms. The third-order valence-corrected chi connectivity index (χ3v) is 5.56. The molecule has 0 unspecified atom stereocenters. The lowest BCUT2D eigenvalue weighted by Crippen LogP contribution is -2.16. The van der Waals surface area contributed by atoms with Crippen molar-refractivity contribution in [3.63, 3.8) is 0 Å². The molecule has 27 heavy (non-hydrogen) atoms. The molecule has 4 aromatic rings. The van der Waals surface area contributed by atoms with Crippen LogP contribution in [0.4, 0.5) is 0 Å². The largest absolute Gasteiger partial charge is 0.451 e. The summed E-state index contributed by atoms with van der Waals surface area (Å²) in [6, 6.07) is 15.7. The van der Waals surface area contributed by atoms with Gasteiger partial charge in [-0.2, -0.15) is 4.99 Å². The predicted octanol–water partition coefficient (Wildman–Crippen LogP) is 5.50. The monoisotopic (exact) mass is 376 g/mol. The Labute approximate surface area is 161 Å². The molecule has 0 N–H and O–H groups in total. The number of carbonyl (C=O) groups excluding carboxylic acids is 1. The van der Waals surface area contributed by atoms with Crippen LogP contribution >= 0.6 is 11.3 Å². The minimum atomic E-state index is -0.375. The number of aromatic nitrogens is 1. The van der Waals surface area contributed by atoms with E-state index in [2.05, 4.69) is 43.6 Å². The van der Waals surface area contributed by atoms with Crippen LogP contribution in [0.25, 0.3) is 21.2 Å². The number of furan rings is 1. The molecule has 0 aliphatic heterocycles. The summed E-state index contributed by atoms with van der Waals surface area (Å²) >= 11 is 1.51. The molecular formula is C22H20N2O2S. The van der Waals surface area contributed by atoms with Crippen molar-refractivity contribution < 1.29 is 9.21 Å². The Bertz CT molecular complexity index is 1190. The van der Waals surface area contributed by atoms with E-state index < -0.39 is 0 Å². The standard InChI is InChI=1S/C22H20N2O2S/c1-4-11-24-17-10-9-15(14(2)3)13-20(17)27-22(24)23-21(25)19-12-16-7-5-6-8-18(16)26-19/h4-10,12-14H,1,11H2,2-3H3. The number of amides is 1. The third-order valence-electron chi connectivity index (χ3n) is 4.52. The highest BCUT2D eigenvalue weighted by Gasteiger charge is 2.13. The molecular weight excluding hydrogens is 356 g/mol. The van der Waals surface area contributed by atoms with E-state index in [1.165, 1.54) is 16.9 Å². The van der Waals surface area contributed by atoms with E-state index in [4.69, 9.17) is 4.42 Å². The number of benzene rings is 2. The molecule has 2 aromatic heterocycles. The van der Waals surface area contributed by atoms with Crippen molar-refractivity contribution in [3.05, 3.63) is 77.3 Å². The highest BCUT2D eigenvalue weighted by Crippen LogP contribution is 2.24. The number of hydrogen-bond donors (Lipinski definition) is 0. The summed E-state index contributed by atoms with van der Waals surface area (Å²) in [6.45, 7) is 8.76. The topological polar surface area (TPSA) is 47.5 Å². The van der Waals surface area contributed by atoms with Crippen LogP contribution in [0.15, 0.2) is 70.6 Å². The Balaban J connectivity index is 1.84. The van der Waals surface area contributed by atoms with Gasteiger partial charge in [0.05, 0.1) is 10.2 Å². The Morgan fingerprint density at radius 1 is 1.26 bits per heavy atom. The highest BCUT2D eigenvalue weighted by molar-refractivity contribution is 7.16. The zero-order valence-electron chi connectivity index (χ0n) is 15.3. The summed E-state index contributed by atoms with van der Waals surface area (Å²) in [4.78, 5) is 17.7. The third kappa shape index (κ3) is 3.26. The SMILES string of the molecule is C=CCn1c(=NC(=O)c2cc3ccccc3o2)sc2cc(C(C)C)ccc21. The van der Waals surface area contributed by atoms with Crippen LogP contribution in [-0.2, 0) is 6.54 Å². The van der Waals surface area contributed by atoms with Crippen LogP contribution in [0.5, 0.6) is 0 Å². The van der Waals surface area contributed by atoms with Gasteiger partial charge in [0.2, 0.25) is 0 Å². The first-order chi connectivity index (χ1) is 13.1. The van der Waals surface area contributed by atoms with E-state index in [1.54, 1.807) is 6.07 Å². The molecule has 0 fully saturated rings. The van der Waals surface area contributed by atoms with Gasteiger partial charge in [0, 0.05) is 11.9 Å². The van der Waals surface area contributed by atoms with Crippen LogP contribution < -0.4 is 4.80 Å². The van der Waals surface area contributed by atoms with Gasteiger partial charge in [0.15, 0.2) is 10.6 Å². The van der Waals surface area contributed by atoms with Crippen LogP contribution in [0.1, 0.15) is 35.9 Å². The van der Waals surface area contributed by atoms with Crippen LogP contribution in [0.3, 0.4) is 0 Å². The number of hydrogen-bond acceptors (Lipinski definition) is 3. The van der Waals surface area contributed by atoms with Gasteiger partial charge in [-0.15, -0.1) is 6.58 Å². The number of thiazole rings is 1. The van der Waals surface area contributed by atoms with E-state index in [0.717, 1.165) is 15.6 Å². The molecule has 0 saturated heterocycles. The summed E-state index contributed by atoms with van der Waals surface area (Å²) in [7, 11) is 0. The van der Waals surface area contributed by atoms with E-state index in [0.29, 0.717) is 22.8 Å². The first kappa shape index (κ1) is 17.5. The number of allylic oxidation sites excluding steroid dienone is 1. The fraction of sp³-hybridized carbons (Fsp3) is 0.182. The minimum absolute atomic E-state index is 0.252. The number of carbonyl (C=O) groups is 1. The quantitative estimate of drug-likeness (QED) is 0.442. The average Bonchev–Trinajstić information content (AvgIpc) is 3.23. The van der Waals surface area contributed by atoms with E-state index >= 15 is 0 Å². The molecule has 0 radical (unpaired) electrons. The van der Waals surface area contributed by atoms with Crippen molar-refractivity contribution >= 4 is 38.4 Å². The van der Waals surface area contributed by atoms with Crippen molar-refractivity contribution in [3.8, 4) is 0 Å². The minimum Gasteiger partial charge on any atom is -0.451 e. The molecule has 5 heteroatoms. The first-order valence-electron chi connectivity index (χ1n) is 8.88. The Hall–Kier alpha value is -2.92. The summed E-state index contributed by atoms with van der Waals surface area (Å²) in [5, 5.41) is 0.896. The lowest BCUT2D eigenvalue weighted by Gasteiger charge is -2.05. The number of para-hydroxylation sites is 1. The molecule has 0 aliphatic rings. The molecule has 4 nitrogen and oxygen atoms in total. The Kier molecular flexibility index (Phi) is 4.54. The maximum atomic E-state index is 12.7. The van der Waals surface area contributed by atoms with Gasteiger partial charge in [0.25, 0.3) is 0 Å². The number of nitrogens with zero attached hydrogens (tertiary/aromatic N) is 2. The second-order valence-corrected chi connectivity index (χ2v) is 7.74. The highest BCUT2D eigenvalue weighted by atomic mass is 32.1. The first-order valence-corrected chi connectivity index (χ1v) is 9.70. The molecule has 1 amide bonds. The lowest BCUT2D eigenvalue weighted by molar-refractivity contribution is 0.0973. The zero-order chi connectivity index (χ0) is 19.0. The van der Waals surface area contributed by atoms with Gasteiger partial charge in [-0.3, -0.25) is 4.79 Å². The fourth-order valence-corrected chi connectivity index (χ4v) is 4.16. The Morgan fingerprint density at radius 3 is 2.81 bits per heavy atom. The summed E-state index contributed by atoms with van der Waals surface area (Å²) in [5.74, 6) is 0.322. The normalized spacial score (nSPS) is 12.3. The van der Waals surface area contributed by atoms with Gasteiger partial charge in [-0.05, 0) is 35.7 Å². The van der Waals surface area contributed by atoms with Gasteiger partial charge >= 0.3 is 5.91 Å². The van der Waals surface area contributed by atoms with Gasteiger partial charge in [-0.25, -0.2) is 0 Å². The molecule has 0 aliphatic carbocycles. The number of rotatable bonds is 4. The van der Waals surface area contributed by atoms with E-state index in [9.17, 15) is 4.79 Å². The maximum absolute atomic E-state index is 12.7. The number of fused-ring (bicyclic) bond motifs is 2. The summed E-state index contributed by atoms with van der Waals surface area (Å²) in [6.07, 6.45) is 1.81. The van der Waals surface area contributed by atoms with Gasteiger partial charge in [0.1, 0.15) is 5.58 Å². The second kappa shape index (κ2) is 7.00. The van der Waals surface area contributed by atoms with Crippen LogP contribution in [-0.4, -0.2) is 10.5 Å². The fourth-order valence-electron chi connectivity index (χ4n) is 3.07. The predicted molar refractivity (Wildman–Crippen MR) is 110 cm³/mol. The van der Waals surface area contributed by atoms with E-state index in [-0.39, 0.29) is 11.7 Å². The molecule has 0 spiro atoms. The van der Waals surface area contributed by atoms with Gasteiger partial charge < -0.3 is 8.98 Å². The molecule has 0 atom stereocenters. The summed E-state index contributed by atoms with van der Waals surface area (Å²) < 4.78 is 8.78. The van der Waals surface area contributed by atoms with Crippen molar-refractivity contribution in [1.82, 2.24) is 4.57 Å². The van der Waals surface area contributed by atoms with Crippen molar-refractivity contribution in [2.24, 2.45) is 4.99 Å².